The normalized spacial score (nSPS) is 10.1. The molecular formula is C9H12N2O4S. The van der Waals surface area contributed by atoms with Crippen molar-refractivity contribution >= 4 is 23.0 Å². The lowest BCUT2D eigenvalue weighted by molar-refractivity contribution is -0.385. The molecular weight excluding hydrogens is 232 g/mol. The molecule has 0 saturated heterocycles. The zero-order valence-electron chi connectivity index (χ0n) is 8.98. The predicted octanol–water partition coefficient (Wildman–Crippen LogP) is 1.34. The summed E-state index contributed by atoms with van der Waals surface area (Å²) in [5.74, 6) is -0.517. The third-order valence-electron chi connectivity index (χ3n) is 1.87. The van der Waals surface area contributed by atoms with Crippen LogP contribution in [0.15, 0.2) is 6.07 Å². The summed E-state index contributed by atoms with van der Waals surface area (Å²) in [7, 11) is 1.74. The first-order valence-electron chi connectivity index (χ1n) is 4.62. The number of hydrogen-bond acceptors (Lipinski definition) is 6. The van der Waals surface area contributed by atoms with Crippen molar-refractivity contribution in [3.8, 4) is 0 Å². The van der Waals surface area contributed by atoms with Gasteiger partial charge in [0.15, 0.2) is 0 Å². The van der Waals surface area contributed by atoms with Crippen molar-refractivity contribution in [1.82, 2.24) is 5.32 Å². The molecule has 0 aliphatic carbocycles. The van der Waals surface area contributed by atoms with Gasteiger partial charge in [-0.15, -0.1) is 11.3 Å². The molecule has 0 aliphatic rings. The van der Waals surface area contributed by atoms with Crippen LogP contribution in [0.5, 0.6) is 0 Å². The molecule has 0 aliphatic heterocycles. The molecule has 0 saturated carbocycles. The van der Waals surface area contributed by atoms with Crippen molar-refractivity contribution in [3.05, 3.63) is 25.9 Å². The van der Waals surface area contributed by atoms with Gasteiger partial charge in [0.05, 0.1) is 9.80 Å². The van der Waals surface area contributed by atoms with Crippen LogP contribution < -0.4 is 5.32 Å². The number of carbonyl (C=O) groups is 1. The maximum Gasteiger partial charge on any atom is 0.348 e. The summed E-state index contributed by atoms with van der Waals surface area (Å²) in [6.45, 7) is 2.41. The first kappa shape index (κ1) is 12.6. The molecule has 6 nitrogen and oxygen atoms in total. The van der Waals surface area contributed by atoms with Crippen molar-refractivity contribution in [1.29, 1.82) is 0 Å². The quantitative estimate of drug-likeness (QED) is 0.366. The first-order valence-corrected chi connectivity index (χ1v) is 5.44. The lowest BCUT2D eigenvalue weighted by Gasteiger charge is -2.00. The van der Waals surface area contributed by atoms with Crippen molar-refractivity contribution in [2.45, 2.75) is 6.92 Å². The molecule has 16 heavy (non-hydrogen) atoms. The number of esters is 1. The number of carbonyl (C=O) groups excluding carboxylic acids is 1. The van der Waals surface area contributed by atoms with Crippen LogP contribution >= 0.6 is 11.3 Å². The van der Waals surface area contributed by atoms with Crippen LogP contribution in [0.25, 0.3) is 0 Å². The molecule has 88 valence electrons. The van der Waals surface area contributed by atoms with Gasteiger partial charge < -0.3 is 10.1 Å². The highest BCUT2D eigenvalue weighted by Crippen LogP contribution is 2.28. The minimum atomic E-state index is -0.517. The standard InChI is InChI=1S/C9H12N2O4S/c1-6-7(11(13)14)5-8(16-6)9(12)15-4-3-10-2/h5,10H,3-4H2,1-2H3. The maximum atomic E-state index is 11.4. The van der Waals surface area contributed by atoms with Crippen LogP contribution in [0.3, 0.4) is 0 Å². The number of nitrogens with one attached hydrogen (secondary N) is 1. The topological polar surface area (TPSA) is 81.5 Å². The van der Waals surface area contributed by atoms with E-state index in [0.717, 1.165) is 11.3 Å². The van der Waals surface area contributed by atoms with Gasteiger partial charge in [0.1, 0.15) is 11.5 Å². The number of aryl methyl sites for hydroxylation is 1. The molecule has 0 spiro atoms. The average molecular weight is 244 g/mol. The van der Waals surface area contributed by atoms with E-state index in [-0.39, 0.29) is 17.2 Å². The van der Waals surface area contributed by atoms with Gasteiger partial charge in [-0.25, -0.2) is 4.79 Å². The fourth-order valence-corrected chi connectivity index (χ4v) is 1.95. The zero-order valence-corrected chi connectivity index (χ0v) is 9.80. The Kier molecular flexibility index (Phi) is 4.39. The van der Waals surface area contributed by atoms with Crippen LogP contribution in [-0.2, 0) is 4.74 Å². The summed E-state index contributed by atoms with van der Waals surface area (Å²) in [6.07, 6.45) is 0. The number of hydrogen-bond donors (Lipinski definition) is 1. The van der Waals surface area contributed by atoms with Crippen molar-refractivity contribution < 1.29 is 14.5 Å². The van der Waals surface area contributed by atoms with Gasteiger partial charge >= 0.3 is 5.97 Å². The molecule has 0 amide bonds. The van der Waals surface area contributed by atoms with Crippen LogP contribution in [0.1, 0.15) is 14.5 Å². The molecule has 1 aromatic heterocycles. The van der Waals surface area contributed by atoms with E-state index in [1.54, 1.807) is 14.0 Å². The highest BCUT2D eigenvalue weighted by atomic mass is 32.1. The van der Waals surface area contributed by atoms with Gasteiger partial charge in [-0.2, -0.15) is 0 Å². The number of nitrogens with zero attached hydrogens (tertiary/aromatic N) is 1. The highest BCUT2D eigenvalue weighted by molar-refractivity contribution is 7.14. The van der Waals surface area contributed by atoms with Crippen molar-refractivity contribution in [2.24, 2.45) is 0 Å². The lowest BCUT2D eigenvalue weighted by atomic mass is 10.4. The van der Waals surface area contributed by atoms with E-state index < -0.39 is 10.9 Å². The van der Waals surface area contributed by atoms with E-state index in [1.807, 2.05) is 0 Å². The second-order valence-electron chi connectivity index (χ2n) is 3.05. The van der Waals surface area contributed by atoms with Gasteiger partial charge in [0, 0.05) is 12.6 Å². The Morgan fingerprint density at radius 2 is 2.38 bits per heavy atom. The zero-order chi connectivity index (χ0) is 12.1. The summed E-state index contributed by atoms with van der Waals surface area (Å²) in [5.41, 5.74) is -0.0365. The third kappa shape index (κ3) is 3.01. The molecule has 1 heterocycles. The summed E-state index contributed by atoms with van der Waals surface area (Å²) < 4.78 is 4.90. The van der Waals surface area contributed by atoms with Crippen molar-refractivity contribution in [2.75, 3.05) is 20.2 Å². The van der Waals surface area contributed by atoms with Crippen molar-refractivity contribution in [3.63, 3.8) is 0 Å². The molecule has 0 fully saturated rings. The summed E-state index contributed by atoms with van der Waals surface area (Å²) in [4.78, 5) is 22.3. The van der Waals surface area contributed by atoms with Crippen LogP contribution in [0, 0.1) is 17.0 Å². The predicted molar refractivity (Wildman–Crippen MR) is 59.9 cm³/mol. The fraction of sp³-hybridized carbons (Fsp3) is 0.444. The van der Waals surface area contributed by atoms with E-state index in [2.05, 4.69) is 5.32 Å². The first-order chi connectivity index (χ1) is 7.56. The second kappa shape index (κ2) is 5.57. The van der Waals surface area contributed by atoms with Crippen LogP contribution in [0.4, 0.5) is 5.69 Å². The van der Waals surface area contributed by atoms with E-state index in [9.17, 15) is 14.9 Å². The van der Waals surface area contributed by atoms with E-state index in [1.165, 1.54) is 6.07 Å². The molecule has 1 N–H and O–H groups in total. The molecule has 1 rings (SSSR count). The Bertz CT molecular complexity index is 402. The largest absolute Gasteiger partial charge is 0.460 e. The molecule has 1 aromatic rings. The van der Waals surface area contributed by atoms with Gasteiger partial charge in [0.25, 0.3) is 5.69 Å². The molecule has 7 heteroatoms. The monoisotopic (exact) mass is 244 g/mol. The summed E-state index contributed by atoms with van der Waals surface area (Å²) in [5, 5.41) is 13.4. The maximum absolute atomic E-state index is 11.4. The molecule has 0 radical (unpaired) electrons. The number of nitro groups is 1. The van der Waals surface area contributed by atoms with Gasteiger partial charge in [0.2, 0.25) is 0 Å². The second-order valence-corrected chi connectivity index (χ2v) is 4.30. The van der Waals surface area contributed by atoms with E-state index in [0.29, 0.717) is 11.4 Å². The third-order valence-corrected chi connectivity index (χ3v) is 2.89. The molecule has 0 bridgehead atoms. The van der Waals surface area contributed by atoms with Gasteiger partial charge in [-0.05, 0) is 14.0 Å². The summed E-state index contributed by atoms with van der Waals surface area (Å²) in [6, 6.07) is 1.25. The van der Waals surface area contributed by atoms with Gasteiger partial charge in [-0.1, -0.05) is 0 Å². The minimum Gasteiger partial charge on any atom is -0.460 e. The number of thiophene rings is 1. The Morgan fingerprint density at radius 1 is 1.69 bits per heavy atom. The SMILES string of the molecule is CNCCOC(=O)c1cc([N+](=O)[O-])c(C)s1. The van der Waals surface area contributed by atoms with Crippen LogP contribution in [-0.4, -0.2) is 31.1 Å². The molecule has 0 aromatic carbocycles. The fourth-order valence-electron chi connectivity index (χ4n) is 1.07. The highest BCUT2D eigenvalue weighted by Gasteiger charge is 2.20. The average Bonchev–Trinajstić information content (AvgIpc) is 2.60. The van der Waals surface area contributed by atoms with E-state index >= 15 is 0 Å². The Balaban J connectivity index is 2.69. The Hall–Kier alpha value is -1.47. The molecule has 0 unspecified atom stereocenters. The van der Waals surface area contributed by atoms with E-state index in [4.69, 9.17) is 4.74 Å². The minimum absolute atomic E-state index is 0.0365. The lowest BCUT2D eigenvalue weighted by Crippen LogP contribution is -2.16. The van der Waals surface area contributed by atoms with Gasteiger partial charge in [-0.3, -0.25) is 10.1 Å². The number of likely N-dealkylation sites (N-methyl/N-ethyl adjacent to an activating group) is 1. The molecule has 0 atom stereocenters. The Morgan fingerprint density at radius 3 is 2.88 bits per heavy atom. The summed E-state index contributed by atoms with van der Waals surface area (Å²) >= 11 is 1.07. The van der Waals surface area contributed by atoms with Crippen LogP contribution in [0.2, 0.25) is 0 Å². The Labute approximate surface area is 96.4 Å². The number of ether oxygens (including phenoxy) is 1. The smallest absolute Gasteiger partial charge is 0.348 e. The number of rotatable bonds is 5.